The van der Waals surface area contributed by atoms with Crippen LogP contribution >= 0.6 is 0 Å². The highest BCUT2D eigenvalue weighted by atomic mass is 16.3. The molecule has 3 nitrogen and oxygen atoms in total. The molecule has 0 aromatic heterocycles. The molecule has 2 aromatic rings. The quantitative estimate of drug-likeness (QED) is 0.793. The molecule has 0 aliphatic rings. The molecule has 0 atom stereocenters. The molecule has 0 saturated carbocycles. The van der Waals surface area contributed by atoms with Gasteiger partial charge in [0.15, 0.2) is 0 Å². The van der Waals surface area contributed by atoms with Crippen LogP contribution in [-0.4, -0.2) is 11.0 Å². The van der Waals surface area contributed by atoms with E-state index < -0.39 is 0 Å². The fraction of sp³-hybridized carbons (Fsp3) is 0.133. The Morgan fingerprint density at radius 1 is 1.06 bits per heavy atom. The number of nitrogens with one attached hydrogen (secondary N) is 1. The van der Waals surface area contributed by atoms with Crippen LogP contribution in [0.25, 0.3) is 0 Å². The van der Waals surface area contributed by atoms with E-state index in [4.69, 9.17) is 0 Å². The summed E-state index contributed by atoms with van der Waals surface area (Å²) in [6.07, 6.45) is 0. The standard InChI is InChI=1S/C15H15NO2/c1-10-7-11(2)9-12(8-10)15(18)16-13-5-3-4-6-14(13)17/h3-9,17H,1-2H3,(H,16,18). The van der Waals surface area contributed by atoms with E-state index in [2.05, 4.69) is 5.32 Å². The van der Waals surface area contributed by atoms with E-state index in [1.807, 2.05) is 32.0 Å². The molecular formula is C15H15NO2. The zero-order chi connectivity index (χ0) is 13.1. The topological polar surface area (TPSA) is 49.3 Å². The van der Waals surface area contributed by atoms with E-state index in [-0.39, 0.29) is 11.7 Å². The molecule has 0 spiro atoms. The second-order valence-corrected chi connectivity index (χ2v) is 4.35. The average molecular weight is 241 g/mol. The van der Waals surface area contributed by atoms with Crippen molar-refractivity contribution in [2.24, 2.45) is 0 Å². The van der Waals surface area contributed by atoms with Crippen LogP contribution in [0.3, 0.4) is 0 Å². The van der Waals surface area contributed by atoms with Gasteiger partial charge >= 0.3 is 0 Å². The number of anilines is 1. The molecule has 92 valence electrons. The lowest BCUT2D eigenvalue weighted by atomic mass is 10.1. The monoisotopic (exact) mass is 241 g/mol. The van der Waals surface area contributed by atoms with Crippen LogP contribution in [0.15, 0.2) is 42.5 Å². The second-order valence-electron chi connectivity index (χ2n) is 4.35. The molecule has 0 radical (unpaired) electrons. The van der Waals surface area contributed by atoms with Crippen LogP contribution in [0.2, 0.25) is 0 Å². The van der Waals surface area contributed by atoms with Crippen molar-refractivity contribution in [2.45, 2.75) is 13.8 Å². The number of carbonyl (C=O) groups is 1. The first-order valence-corrected chi connectivity index (χ1v) is 5.74. The van der Waals surface area contributed by atoms with Crippen LogP contribution in [0.4, 0.5) is 5.69 Å². The van der Waals surface area contributed by atoms with Crippen molar-refractivity contribution in [3.05, 3.63) is 59.2 Å². The van der Waals surface area contributed by atoms with Crippen molar-refractivity contribution in [3.63, 3.8) is 0 Å². The van der Waals surface area contributed by atoms with Crippen LogP contribution in [0.5, 0.6) is 5.75 Å². The van der Waals surface area contributed by atoms with Gasteiger partial charge in [-0.2, -0.15) is 0 Å². The lowest BCUT2D eigenvalue weighted by Crippen LogP contribution is -2.12. The minimum atomic E-state index is -0.219. The molecule has 2 N–H and O–H groups in total. The Morgan fingerprint density at radius 2 is 1.67 bits per heavy atom. The molecule has 0 fully saturated rings. The van der Waals surface area contributed by atoms with Crippen molar-refractivity contribution in [2.75, 3.05) is 5.32 Å². The molecule has 2 rings (SSSR count). The van der Waals surface area contributed by atoms with Crippen molar-refractivity contribution >= 4 is 11.6 Å². The molecular weight excluding hydrogens is 226 g/mol. The maximum atomic E-state index is 12.0. The number of amides is 1. The van der Waals surface area contributed by atoms with Crippen molar-refractivity contribution < 1.29 is 9.90 Å². The SMILES string of the molecule is Cc1cc(C)cc(C(=O)Nc2ccccc2O)c1. The fourth-order valence-corrected chi connectivity index (χ4v) is 1.88. The predicted molar refractivity (Wildman–Crippen MR) is 72.0 cm³/mol. The number of para-hydroxylation sites is 2. The van der Waals surface area contributed by atoms with Gasteiger partial charge in [-0.15, -0.1) is 0 Å². The molecule has 0 saturated heterocycles. The molecule has 2 aromatic carbocycles. The lowest BCUT2D eigenvalue weighted by molar-refractivity contribution is 0.102. The Labute approximate surface area is 106 Å². The van der Waals surface area contributed by atoms with Crippen LogP contribution in [0.1, 0.15) is 21.5 Å². The summed E-state index contributed by atoms with van der Waals surface area (Å²) in [5.41, 5.74) is 3.09. The summed E-state index contributed by atoms with van der Waals surface area (Å²) < 4.78 is 0. The smallest absolute Gasteiger partial charge is 0.255 e. The van der Waals surface area contributed by atoms with Crippen molar-refractivity contribution in [1.29, 1.82) is 0 Å². The Morgan fingerprint density at radius 3 is 2.28 bits per heavy atom. The van der Waals surface area contributed by atoms with Gasteiger partial charge in [0.1, 0.15) is 5.75 Å². The predicted octanol–water partition coefficient (Wildman–Crippen LogP) is 3.26. The number of hydrogen-bond donors (Lipinski definition) is 2. The Balaban J connectivity index is 2.25. The van der Waals surface area contributed by atoms with Gasteiger partial charge in [0.25, 0.3) is 5.91 Å². The molecule has 1 amide bonds. The van der Waals surface area contributed by atoms with Crippen molar-refractivity contribution in [1.82, 2.24) is 0 Å². The lowest BCUT2D eigenvalue weighted by Gasteiger charge is -2.08. The summed E-state index contributed by atoms with van der Waals surface area (Å²) in [6, 6.07) is 12.3. The summed E-state index contributed by atoms with van der Waals surface area (Å²) in [7, 11) is 0. The summed E-state index contributed by atoms with van der Waals surface area (Å²) >= 11 is 0. The summed E-state index contributed by atoms with van der Waals surface area (Å²) in [4.78, 5) is 12.0. The van der Waals surface area contributed by atoms with E-state index in [0.29, 0.717) is 11.3 Å². The van der Waals surface area contributed by atoms with Gasteiger partial charge in [0.05, 0.1) is 5.69 Å². The number of rotatable bonds is 2. The van der Waals surface area contributed by atoms with Gasteiger partial charge in [-0.25, -0.2) is 0 Å². The number of carbonyl (C=O) groups excluding carboxylic acids is 1. The summed E-state index contributed by atoms with van der Waals surface area (Å²) in [5.74, 6) is -0.154. The molecule has 0 aliphatic carbocycles. The number of hydrogen-bond acceptors (Lipinski definition) is 2. The highest BCUT2D eigenvalue weighted by Gasteiger charge is 2.09. The van der Waals surface area contributed by atoms with Gasteiger partial charge in [-0.3, -0.25) is 4.79 Å². The molecule has 0 heterocycles. The fourth-order valence-electron chi connectivity index (χ4n) is 1.88. The number of benzene rings is 2. The maximum Gasteiger partial charge on any atom is 0.255 e. The van der Waals surface area contributed by atoms with Gasteiger partial charge < -0.3 is 10.4 Å². The highest BCUT2D eigenvalue weighted by molar-refractivity contribution is 6.05. The molecule has 0 unspecified atom stereocenters. The van der Waals surface area contributed by atoms with E-state index >= 15 is 0 Å². The third-order valence-corrected chi connectivity index (χ3v) is 2.64. The second kappa shape index (κ2) is 4.92. The Kier molecular flexibility index (Phi) is 3.33. The zero-order valence-corrected chi connectivity index (χ0v) is 10.4. The first-order valence-electron chi connectivity index (χ1n) is 5.74. The number of phenols is 1. The molecule has 18 heavy (non-hydrogen) atoms. The van der Waals surface area contributed by atoms with E-state index in [1.165, 1.54) is 6.07 Å². The first-order chi connectivity index (χ1) is 8.56. The number of aromatic hydroxyl groups is 1. The van der Waals surface area contributed by atoms with Crippen molar-refractivity contribution in [3.8, 4) is 5.75 Å². The largest absolute Gasteiger partial charge is 0.506 e. The molecule has 0 aliphatic heterocycles. The van der Waals surface area contributed by atoms with E-state index in [9.17, 15) is 9.90 Å². The van der Waals surface area contributed by atoms with Gasteiger partial charge in [0.2, 0.25) is 0 Å². The van der Waals surface area contributed by atoms with Crippen LogP contribution in [0, 0.1) is 13.8 Å². The number of phenolic OH excluding ortho intramolecular Hbond substituents is 1. The zero-order valence-electron chi connectivity index (χ0n) is 10.4. The Hall–Kier alpha value is -2.29. The van der Waals surface area contributed by atoms with Crippen LogP contribution in [-0.2, 0) is 0 Å². The summed E-state index contributed by atoms with van der Waals surface area (Å²) in [5, 5.41) is 12.3. The third kappa shape index (κ3) is 2.69. The normalized spacial score (nSPS) is 10.1. The third-order valence-electron chi connectivity index (χ3n) is 2.64. The van der Waals surface area contributed by atoms with E-state index in [1.54, 1.807) is 18.2 Å². The van der Waals surface area contributed by atoms with Gasteiger partial charge in [-0.05, 0) is 38.1 Å². The number of aryl methyl sites for hydroxylation is 2. The van der Waals surface area contributed by atoms with Crippen LogP contribution < -0.4 is 5.32 Å². The minimum absolute atomic E-state index is 0.0650. The van der Waals surface area contributed by atoms with Gasteiger partial charge in [0, 0.05) is 5.56 Å². The Bertz CT molecular complexity index is 571. The molecule has 0 bridgehead atoms. The van der Waals surface area contributed by atoms with Gasteiger partial charge in [-0.1, -0.05) is 29.3 Å². The van der Waals surface area contributed by atoms with E-state index in [0.717, 1.165) is 11.1 Å². The minimum Gasteiger partial charge on any atom is -0.506 e. The first kappa shape index (κ1) is 12.2. The highest BCUT2D eigenvalue weighted by Crippen LogP contribution is 2.22. The maximum absolute atomic E-state index is 12.0. The molecule has 3 heteroatoms. The summed E-state index contributed by atoms with van der Waals surface area (Å²) in [6.45, 7) is 3.90. The average Bonchev–Trinajstić information content (AvgIpc) is 2.31.